The number of esters is 1. The highest BCUT2D eigenvalue weighted by atomic mass is 31.2. The molecule has 0 aliphatic heterocycles. The predicted molar refractivity (Wildman–Crippen MR) is 224 cm³/mol. The van der Waals surface area contributed by atoms with Crippen molar-refractivity contribution in [2.45, 2.75) is 174 Å². The fourth-order valence-corrected chi connectivity index (χ4v) is 6.29. The summed E-state index contributed by atoms with van der Waals surface area (Å²) in [6.07, 6.45) is 44.3. The van der Waals surface area contributed by atoms with Crippen LogP contribution in [0.15, 0.2) is 48.6 Å². The lowest BCUT2D eigenvalue weighted by atomic mass is 10.0. The van der Waals surface area contributed by atoms with Gasteiger partial charge in [0.05, 0.1) is 34.4 Å². The number of hydrogen-bond donors (Lipinski definition) is 1. The Labute approximate surface area is 327 Å². The van der Waals surface area contributed by atoms with Gasteiger partial charge in [-0.3, -0.25) is 13.8 Å². The van der Waals surface area contributed by atoms with E-state index in [9.17, 15) is 14.3 Å². The van der Waals surface area contributed by atoms with Crippen molar-refractivity contribution in [2.75, 3.05) is 54.1 Å². The number of carbonyl (C=O) groups excluding carboxylic acids is 1. The van der Waals surface area contributed by atoms with Gasteiger partial charge in [0.2, 0.25) is 0 Å². The molecule has 310 valence electrons. The standard InChI is InChI=1S/C44H82NO7P/c1-6-8-10-12-14-16-18-20-22-23-24-25-27-29-31-33-35-37-44(46)52-43(42-51-53(47,48)50-40-38-45(3,4)5)41-49-39-36-34-32-30-28-26-21-19-17-15-13-11-9-7-2/h14,16,20,22,24-25,29,31,43H,6-13,15,17-19,21,23,26-28,30,32-42H2,1-5H3/p+1/b16-14-,22-20-,25-24-,31-29-/t43-/m1/s1. The normalized spacial score (nSPS) is 14.3. The number of quaternary nitrogens is 1. The van der Waals surface area contributed by atoms with Crippen molar-refractivity contribution >= 4 is 13.8 Å². The molecule has 8 nitrogen and oxygen atoms in total. The molecule has 0 bridgehead atoms. The van der Waals surface area contributed by atoms with Crippen molar-refractivity contribution in [3.05, 3.63) is 48.6 Å². The van der Waals surface area contributed by atoms with Crippen LogP contribution in [0, 0.1) is 0 Å². The molecule has 0 aromatic heterocycles. The second-order valence-electron chi connectivity index (χ2n) is 15.4. The van der Waals surface area contributed by atoms with Gasteiger partial charge in [-0.05, 0) is 51.4 Å². The van der Waals surface area contributed by atoms with Crippen LogP contribution in [0.1, 0.15) is 168 Å². The first-order valence-corrected chi connectivity index (χ1v) is 22.9. The SMILES string of the molecule is CCCCC/C=C\C/C=C\C/C=C\C/C=C\CCCC(=O)O[C@H](COCCCCCCCCCCCCCCCC)COP(=O)(O)OCC[N+](C)(C)C. The van der Waals surface area contributed by atoms with Gasteiger partial charge in [0.25, 0.3) is 0 Å². The van der Waals surface area contributed by atoms with E-state index in [4.69, 9.17) is 18.5 Å². The predicted octanol–water partition coefficient (Wildman–Crippen LogP) is 12.4. The van der Waals surface area contributed by atoms with Gasteiger partial charge in [0.15, 0.2) is 0 Å². The van der Waals surface area contributed by atoms with Crippen molar-refractivity contribution in [2.24, 2.45) is 0 Å². The van der Waals surface area contributed by atoms with Crippen LogP contribution in [0.4, 0.5) is 0 Å². The van der Waals surface area contributed by atoms with Gasteiger partial charge in [-0.2, -0.15) is 0 Å². The van der Waals surface area contributed by atoms with Crippen molar-refractivity contribution in [3.8, 4) is 0 Å². The molecule has 0 aliphatic rings. The Morgan fingerprint density at radius 3 is 1.55 bits per heavy atom. The number of phosphoric acid groups is 1. The molecular formula is C44H83NO7P+. The topological polar surface area (TPSA) is 91.3 Å². The minimum atomic E-state index is -4.29. The summed E-state index contributed by atoms with van der Waals surface area (Å²) in [5.74, 6) is -0.367. The van der Waals surface area contributed by atoms with Gasteiger partial charge < -0.3 is 18.9 Å². The smallest absolute Gasteiger partial charge is 0.457 e. The first-order valence-electron chi connectivity index (χ1n) is 21.4. The van der Waals surface area contributed by atoms with Crippen LogP contribution in [0.2, 0.25) is 0 Å². The van der Waals surface area contributed by atoms with Crippen molar-refractivity contribution < 1.29 is 37.3 Å². The Bertz CT molecular complexity index is 989. The van der Waals surface area contributed by atoms with Gasteiger partial charge in [-0.25, -0.2) is 4.57 Å². The zero-order chi connectivity index (χ0) is 39.1. The lowest BCUT2D eigenvalue weighted by Crippen LogP contribution is -2.37. The molecule has 0 rings (SSSR count). The van der Waals surface area contributed by atoms with E-state index in [1.165, 1.54) is 103 Å². The average molecular weight is 769 g/mol. The summed E-state index contributed by atoms with van der Waals surface area (Å²) in [4.78, 5) is 22.8. The molecule has 1 N–H and O–H groups in total. The Kier molecular flexibility index (Phi) is 36.3. The highest BCUT2D eigenvalue weighted by Crippen LogP contribution is 2.43. The number of unbranched alkanes of at least 4 members (excludes halogenated alkanes) is 17. The van der Waals surface area contributed by atoms with E-state index in [-0.39, 0.29) is 32.2 Å². The molecule has 0 saturated heterocycles. The summed E-state index contributed by atoms with van der Waals surface area (Å²) in [6, 6.07) is 0. The first-order chi connectivity index (χ1) is 25.6. The maximum Gasteiger partial charge on any atom is 0.472 e. The molecule has 9 heteroatoms. The highest BCUT2D eigenvalue weighted by Gasteiger charge is 2.26. The minimum Gasteiger partial charge on any atom is -0.457 e. The van der Waals surface area contributed by atoms with Gasteiger partial charge >= 0.3 is 13.8 Å². The summed E-state index contributed by atoms with van der Waals surface area (Å²) in [6.45, 7) is 5.52. The Balaban J connectivity index is 4.36. The Hall–Kier alpha value is -1.54. The van der Waals surface area contributed by atoms with Crippen molar-refractivity contribution in [1.82, 2.24) is 0 Å². The summed E-state index contributed by atoms with van der Waals surface area (Å²) in [5, 5.41) is 0. The third-order valence-corrected chi connectivity index (χ3v) is 9.88. The van der Waals surface area contributed by atoms with E-state index in [0.29, 0.717) is 24.1 Å². The quantitative estimate of drug-likeness (QED) is 0.0219. The lowest BCUT2D eigenvalue weighted by Gasteiger charge is -2.24. The Morgan fingerprint density at radius 1 is 0.585 bits per heavy atom. The second-order valence-corrected chi connectivity index (χ2v) is 16.8. The van der Waals surface area contributed by atoms with E-state index in [2.05, 4.69) is 62.5 Å². The van der Waals surface area contributed by atoms with E-state index in [1.807, 2.05) is 21.1 Å². The molecule has 0 fully saturated rings. The number of carbonyl (C=O) groups is 1. The molecule has 0 amide bonds. The molecule has 0 spiro atoms. The zero-order valence-corrected chi connectivity index (χ0v) is 35.9. The maximum absolute atomic E-state index is 12.6. The molecule has 1 unspecified atom stereocenters. The zero-order valence-electron chi connectivity index (χ0n) is 35.0. The molecule has 53 heavy (non-hydrogen) atoms. The number of hydrogen-bond acceptors (Lipinski definition) is 6. The van der Waals surface area contributed by atoms with Crippen LogP contribution < -0.4 is 0 Å². The van der Waals surface area contributed by atoms with Crippen molar-refractivity contribution in [1.29, 1.82) is 0 Å². The van der Waals surface area contributed by atoms with Gasteiger partial charge in [0.1, 0.15) is 19.3 Å². The van der Waals surface area contributed by atoms with Crippen LogP contribution in [0.25, 0.3) is 0 Å². The van der Waals surface area contributed by atoms with E-state index in [1.54, 1.807) is 0 Å². The highest BCUT2D eigenvalue weighted by molar-refractivity contribution is 7.47. The molecule has 0 aliphatic carbocycles. The van der Waals surface area contributed by atoms with Crippen LogP contribution in [0.3, 0.4) is 0 Å². The van der Waals surface area contributed by atoms with E-state index >= 15 is 0 Å². The fourth-order valence-electron chi connectivity index (χ4n) is 5.54. The maximum atomic E-state index is 12.6. The fraction of sp³-hybridized carbons (Fsp3) is 0.795. The minimum absolute atomic E-state index is 0.0782. The van der Waals surface area contributed by atoms with Crippen LogP contribution in [-0.2, 0) is 27.9 Å². The first kappa shape index (κ1) is 51.5. The number of phosphoric ester groups is 1. The van der Waals surface area contributed by atoms with Crippen molar-refractivity contribution in [3.63, 3.8) is 0 Å². The summed E-state index contributed by atoms with van der Waals surface area (Å²) >= 11 is 0. The molecule has 0 aromatic carbocycles. The van der Waals surface area contributed by atoms with Crippen LogP contribution in [-0.4, -0.2) is 75.6 Å². The number of likely N-dealkylation sites (N-methyl/N-ethyl adjacent to an activating group) is 1. The molecule has 0 radical (unpaired) electrons. The number of ether oxygens (including phenoxy) is 2. The number of rotatable bonds is 39. The molecule has 2 atom stereocenters. The number of allylic oxidation sites excluding steroid dienone is 8. The lowest BCUT2D eigenvalue weighted by molar-refractivity contribution is -0.870. The molecule has 0 aromatic rings. The van der Waals surface area contributed by atoms with Crippen LogP contribution in [0.5, 0.6) is 0 Å². The van der Waals surface area contributed by atoms with E-state index < -0.39 is 13.9 Å². The Morgan fingerprint density at radius 2 is 1.04 bits per heavy atom. The molecule has 0 saturated carbocycles. The van der Waals surface area contributed by atoms with Gasteiger partial charge in [-0.1, -0.05) is 159 Å². The van der Waals surface area contributed by atoms with E-state index in [0.717, 1.165) is 38.5 Å². The summed E-state index contributed by atoms with van der Waals surface area (Å²) in [7, 11) is 1.63. The monoisotopic (exact) mass is 769 g/mol. The van der Waals surface area contributed by atoms with Gasteiger partial charge in [0, 0.05) is 13.0 Å². The number of nitrogens with zero attached hydrogens (tertiary/aromatic N) is 1. The summed E-state index contributed by atoms with van der Waals surface area (Å²) in [5.41, 5.74) is 0. The third kappa shape index (κ3) is 41.5. The molecular weight excluding hydrogens is 685 g/mol. The molecule has 0 heterocycles. The van der Waals surface area contributed by atoms with Crippen LogP contribution >= 0.6 is 7.82 Å². The average Bonchev–Trinajstić information content (AvgIpc) is 3.11. The largest absolute Gasteiger partial charge is 0.472 e. The second kappa shape index (κ2) is 37.4. The summed E-state index contributed by atoms with van der Waals surface area (Å²) < 4.78 is 34.9. The van der Waals surface area contributed by atoms with Gasteiger partial charge in [-0.15, -0.1) is 0 Å². The third-order valence-electron chi connectivity index (χ3n) is 8.89.